The molecule has 3 rings (SSSR count). The lowest BCUT2D eigenvalue weighted by atomic mass is 9.90. The van der Waals surface area contributed by atoms with E-state index in [2.05, 4.69) is 0 Å². The molecule has 0 aromatic heterocycles. The van der Waals surface area contributed by atoms with Crippen LogP contribution in [0.4, 0.5) is 0 Å². The Morgan fingerprint density at radius 1 is 1.16 bits per heavy atom. The fourth-order valence-corrected chi connectivity index (χ4v) is 2.81. The van der Waals surface area contributed by atoms with Gasteiger partial charge in [-0.05, 0) is 17.7 Å². The molecule has 1 atom stereocenters. The molecule has 2 aromatic rings. The summed E-state index contributed by atoms with van der Waals surface area (Å²) in [6, 6.07) is 12.0. The van der Waals surface area contributed by atoms with Crippen LogP contribution in [0.1, 0.15) is 21.5 Å². The molecule has 0 bridgehead atoms. The number of carbonyl (C=O) groups is 2. The molecule has 0 spiro atoms. The van der Waals surface area contributed by atoms with E-state index in [1.54, 1.807) is 24.3 Å². The van der Waals surface area contributed by atoms with E-state index in [-0.39, 0.29) is 11.1 Å². The lowest BCUT2D eigenvalue weighted by Crippen LogP contribution is -2.38. The third kappa shape index (κ3) is 2.50. The average molecular weight is 339 g/mol. The number of carbonyl (C=O) groups excluding carboxylic acids is 2. The molecule has 7 nitrogen and oxygen atoms in total. The van der Waals surface area contributed by atoms with Crippen LogP contribution in [-0.4, -0.2) is 28.7 Å². The summed E-state index contributed by atoms with van der Waals surface area (Å²) in [5, 5.41) is 22.4. The normalized spacial score (nSPS) is 19.7. The van der Waals surface area contributed by atoms with Gasteiger partial charge in [-0.3, -0.25) is 19.7 Å². The Hall–Kier alpha value is -3.32. The van der Waals surface area contributed by atoms with E-state index in [1.165, 1.54) is 31.4 Å². The van der Waals surface area contributed by atoms with Gasteiger partial charge in [0.05, 0.1) is 12.0 Å². The molecule has 0 radical (unpaired) electrons. The van der Waals surface area contributed by atoms with Gasteiger partial charge in [0, 0.05) is 17.2 Å². The van der Waals surface area contributed by atoms with Crippen molar-refractivity contribution < 1.29 is 24.4 Å². The van der Waals surface area contributed by atoms with Crippen LogP contribution in [0.2, 0.25) is 0 Å². The molecule has 2 aromatic carbocycles. The van der Waals surface area contributed by atoms with E-state index in [0.29, 0.717) is 11.3 Å². The van der Waals surface area contributed by atoms with E-state index >= 15 is 0 Å². The number of aliphatic hydroxyl groups is 1. The lowest BCUT2D eigenvalue weighted by molar-refractivity contribution is -0.440. The van der Waals surface area contributed by atoms with Crippen molar-refractivity contribution in [3.05, 3.63) is 81.0 Å². The van der Waals surface area contributed by atoms with Gasteiger partial charge in [-0.25, -0.2) is 0 Å². The monoisotopic (exact) mass is 339 g/mol. The minimum atomic E-state index is -2.61. The molecule has 7 heteroatoms. The van der Waals surface area contributed by atoms with E-state index in [1.807, 2.05) is 0 Å². The van der Waals surface area contributed by atoms with Crippen LogP contribution in [0, 0.1) is 10.1 Å². The van der Waals surface area contributed by atoms with E-state index in [0.717, 1.165) is 6.08 Å². The first-order chi connectivity index (χ1) is 11.9. The summed E-state index contributed by atoms with van der Waals surface area (Å²) in [5.41, 5.74) is -3.12. The third-order valence-corrected chi connectivity index (χ3v) is 4.08. The molecule has 0 saturated carbocycles. The first kappa shape index (κ1) is 16.5. The summed E-state index contributed by atoms with van der Waals surface area (Å²) in [4.78, 5) is 35.2. The number of hydrogen-bond donors (Lipinski definition) is 1. The lowest BCUT2D eigenvalue weighted by Gasteiger charge is -2.18. The Balaban J connectivity index is 2.18. The van der Waals surface area contributed by atoms with Gasteiger partial charge in [-0.2, -0.15) is 0 Å². The fraction of sp³-hybridized carbons (Fsp3) is 0.111. The molecule has 1 aliphatic carbocycles. The Kier molecular flexibility index (Phi) is 3.94. The average Bonchev–Trinajstić information content (AvgIpc) is 2.82. The number of hydrogen-bond acceptors (Lipinski definition) is 6. The van der Waals surface area contributed by atoms with Crippen LogP contribution >= 0.6 is 0 Å². The summed E-state index contributed by atoms with van der Waals surface area (Å²) in [7, 11) is 1.48. The molecule has 0 amide bonds. The molecule has 0 saturated heterocycles. The van der Waals surface area contributed by atoms with Crippen molar-refractivity contribution in [2.75, 3.05) is 7.11 Å². The van der Waals surface area contributed by atoms with Crippen LogP contribution < -0.4 is 4.74 Å². The van der Waals surface area contributed by atoms with Gasteiger partial charge < -0.3 is 9.84 Å². The first-order valence-electron chi connectivity index (χ1n) is 7.31. The van der Waals surface area contributed by atoms with E-state index in [4.69, 9.17) is 4.74 Å². The molecule has 25 heavy (non-hydrogen) atoms. The molecule has 126 valence electrons. The van der Waals surface area contributed by atoms with Gasteiger partial charge in [0.15, 0.2) is 0 Å². The number of methoxy groups -OCH3 is 1. The Bertz CT molecular complexity index is 915. The summed E-state index contributed by atoms with van der Waals surface area (Å²) in [6.45, 7) is 0. The number of benzene rings is 2. The van der Waals surface area contributed by atoms with Gasteiger partial charge in [-0.1, -0.05) is 36.4 Å². The number of Topliss-reactive ketones (excluding diaryl/α,β-unsaturated/α-hetero) is 2. The number of nitro groups is 1. The second-order valence-corrected chi connectivity index (χ2v) is 5.47. The minimum absolute atomic E-state index is 0.0301. The van der Waals surface area contributed by atoms with Crippen LogP contribution in [0.3, 0.4) is 0 Å². The van der Waals surface area contributed by atoms with E-state index in [9.17, 15) is 24.8 Å². The standard InChI is InChI=1S/C18H13NO6/c1-25-12-8-6-11(7-9-12)10-15(19(23)24)18(22)14-5-3-2-4-13(14)16(20)17(18)21/h2-10,22H,1H3/b15-10-. The number of ketones is 2. The van der Waals surface area contributed by atoms with Crippen LogP contribution in [0.5, 0.6) is 5.75 Å². The topological polar surface area (TPSA) is 107 Å². The Morgan fingerprint density at radius 2 is 1.80 bits per heavy atom. The first-order valence-corrected chi connectivity index (χ1v) is 7.31. The summed E-state index contributed by atoms with van der Waals surface area (Å²) >= 11 is 0. The fourth-order valence-electron chi connectivity index (χ4n) is 2.81. The van der Waals surface area contributed by atoms with Crippen LogP contribution in [-0.2, 0) is 10.4 Å². The summed E-state index contributed by atoms with van der Waals surface area (Å²) in [6.07, 6.45) is 1.08. The third-order valence-electron chi connectivity index (χ3n) is 4.08. The second-order valence-electron chi connectivity index (χ2n) is 5.47. The van der Waals surface area contributed by atoms with Gasteiger partial charge in [0.25, 0.3) is 11.5 Å². The smallest absolute Gasteiger partial charge is 0.291 e. The highest BCUT2D eigenvalue weighted by molar-refractivity contribution is 6.50. The molecule has 0 heterocycles. The Labute approximate surface area is 142 Å². The van der Waals surface area contributed by atoms with Crippen molar-refractivity contribution in [3.8, 4) is 5.75 Å². The van der Waals surface area contributed by atoms with Gasteiger partial charge in [0.1, 0.15) is 5.75 Å². The minimum Gasteiger partial charge on any atom is -0.497 e. The molecule has 1 unspecified atom stereocenters. The zero-order chi connectivity index (χ0) is 18.2. The summed E-state index contributed by atoms with van der Waals surface area (Å²) in [5.74, 6) is -1.62. The van der Waals surface area contributed by atoms with Gasteiger partial charge in [-0.15, -0.1) is 0 Å². The highest BCUT2D eigenvalue weighted by Gasteiger charge is 2.58. The number of ether oxygens (including phenoxy) is 1. The summed E-state index contributed by atoms with van der Waals surface area (Å²) < 4.78 is 5.02. The van der Waals surface area contributed by atoms with E-state index < -0.39 is 27.8 Å². The molecular formula is C18H13NO6. The zero-order valence-corrected chi connectivity index (χ0v) is 13.1. The number of nitrogens with zero attached hydrogens (tertiary/aromatic N) is 1. The maximum atomic E-state index is 12.4. The molecule has 1 N–H and O–H groups in total. The van der Waals surface area contributed by atoms with Crippen molar-refractivity contribution in [2.45, 2.75) is 5.60 Å². The molecular weight excluding hydrogens is 326 g/mol. The maximum Gasteiger partial charge on any atom is 0.291 e. The largest absolute Gasteiger partial charge is 0.497 e. The second kappa shape index (κ2) is 5.95. The molecule has 0 aliphatic heterocycles. The quantitative estimate of drug-likeness (QED) is 0.518. The predicted octanol–water partition coefficient (Wildman–Crippen LogP) is 1.97. The van der Waals surface area contributed by atoms with Gasteiger partial charge >= 0.3 is 0 Å². The molecule has 0 fully saturated rings. The van der Waals surface area contributed by atoms with Crippen molar-refractivity contribution >= 4 is 17.6 Å². The SMILES string of the molecule is COc1ccc(/C=C(\[N+](=O)[O-])C2(O)C(=O)C(=O)c3ccccc32)cc1. The number of rotatable bonds is 4. The Morgan fingerprint density at radius 3 is 2.40 bits per heavy atom. The van der Waals surface area contributed by atoms with Crippen molar-refractivity contribution in [2.24, 2.45) is 0 Å². The van der Waals surface area contributed by atoms with Crippen molar-refractivity contribution in [1.82, 2.24) is 0 Å². The van der Waals surface area contributed by atoms with Crippen LogP contribution in [0.25, 0.3) is 6.08 Å². The zero-order valence-electron chi connectivity index (χ0n) is 13.1. The van der Waals surface area contributed by atoms with Crippen molar-refractivity contribution in [3.63, 3.8) is 0 Å². The highest BCUT2D eigenvalue weighted by Crippen LogP contribution is 2.40. The van der Waals surface area contributed by atoms with Crippen molar-refractivity contribution in [1.29, 1.82) is 0 Å². The maximum absolute atomic E-state index is 12.4. The highest BCUT2D eigenvalue weighted by atomic mass is 16.6. The number of fused-ring (bicyclic) bond motifs is 1. The predicted molar refractivity (Wildman–Crippen MR) is 87.6 cm³/mol. The van der Waals surface area contributed by atoms with Crippen LogP contribution in [0.15, 0.2) is 54.2 Å². The van der Waals surface area contributed by atoms with Gasteiger partial charge in [0.2, 0.25) is 11.4 Å². The molecule has 1 aliphatic rings.